The molecular formula is C12H12Cl2N2OS. The number of rotatable bonds is 4. The van der Waals surface area contributed by atoms with Crippen LogP contribution in [0, 0.1) is 0 Å². The lowest BCUT2D eigenvalue weighted by Gasteiger charge is -2.07. The van der Waals surface area contributed by atoms with Gasteiger partial charge in [-0.05, 0) is 13.1 Å². The van der Waals surface area contributed by atoms with Crippen LogP contribution in [0.2, 0.25) is 10.0 Å². The van der Waals surface area contributed by atoms with Crippen molar-refractivity contribution in [2.75, 3.05) is 14.2 Å². The molecule has 2 aromatic rings. The molecule has 0 aliphatic heterocycles. The van der Waals surface area contributed by atoms with Crippen molar-refractivity contribution in [1.29, 1.82) is 0 Å². The van der Waals surface area contributed by atoms with Gasteiger partial charge in [0.25, 0.3) is 0 Å². The zero-order chi connectivity index (χ0) is 13.1. The van der Waals surface area contributed by atoms with Gasteiger partial charge in [-0.3, -0.25) is 0 Å². The number of methoxy groups -OCH3 is 1. The van der Waals surface area contributed by atoms with Gasteiger partial charge in [0, 0.05) is 24.4 Å². The lowest BCUT2D eigenvalue weighted by molar-refractivity contribution is 0.415. The standard InChI is InChI=1S/C12H12Cl2N2OS/c1-15-6-12-16-5-11(18-12)7-3-9(14)10(17-2)4-8(7)13/h3-5,15H,6H2,1-2H3. The fraction of sp³-hybridized carbons (Fsp3) is 0.250. The highest BCUT2D eigenvalue weighted by Gasteiger charge is 2.12. The van der Waals surface area contributed by atoms with E-state index in [4.69, 9.17) is 27.9 Å². The topological polar surface area (TPSA) is 34.2 Å². The summed E-state index contributed by atoms with van der Waals surface area (Å²) in [5, 5.41) is 5.22. The molecule has 0 fully saturated rings. The maximum atomic E-state index is 6.23. The Kier molecular flexibility index (Phi) is 4.45. The normalized spacial score (nSPS) is 10.7. The third-order valence-electron chi connectivity index (χ3n) is 2.39. The van der Waals surface area contributed by atoms with Crippen LogP contribution in [-0.2, 0) is 6.54 Å². The molecular weight excluding hydrogens is 291 g/mol. The molecule has 96 valence electrons. The summed E-state index contributed by atoms with van der Waals surface area (Å²) in [6.07, 6.45) is 1.81. The second-order valence-corrected chi connectivity index (χ2v) is 5.54. The van der Waals surface area contributed by atoms with Crippen LogP contribution in [0.4, 0.5) is 0 Å². The largest absolute Gasteiger partial charge is 0.495 e. The molecule has 1 aromatic heterocycles. The molecule has 0 atom stereocenters. The first-order valence-electron chi connectivity index (χ1n) is 5.28. The van der Waals surface area contributed by atoms with Crippen molar-refractivity contribution in [2.24, 2.45) is 0 Å². The highest BCUT2D eigenvalue weighted by molar-refractivity contribution is 7.15. The monoisotopic (exact) mass is 302 g/mol. The van der Waals surface area contributed by atoms with E-state index in [2.05, 4.69) is 10.3 Å². The Morgan fingerprint density at radius 3 is 2.78 bits per heavy atom. The molecule has 0 aliphatic carbocycles. The van der Waals surface area contributed by atoms with Crippen molar-refractivity contribution in [2.45, 2.75) is 6.54 Å². The van der Waals surface area contributed by atoms with Gasteiger partial charge in [0.1, 0.15) is 10.8 Å². The van der Waals surface area contributed by atoms with Crippen molar-refractivity contribution in [1.82, 2.24) is 10.3 Å². The first kappa shape index (κ1) is 13.6. The van der Waals surface area contributed by atoms with Gasteiger partial charge in [0.2, 0.25) is 0 Å². The maximum Gasteiger partial charge on any atom is 0.138 e. The van der Waals surface area contributed by atoms with Crippen LogP contribution in [0.5, 0.6) is 5.75 Å². The highest BCUT2D eigenvalue weighted by atomic mass is 35.5. The molecule has 18 heavy (non-hydrogen) atoms. The maximum absolute atomic E-state index is 6.23. The lowest BCUT2D eigenvalue weighted by Crippen LogP contribution is -2.03. The van der Waals surface area contributed by atoms with Crippen LogP contribution in [0.3, 0.4) is 0 Å². The number of hydrogen-bond acceptors (Lipinski definition) is 4. The van der Waals surface area contributed by atoms with E-state index in [9.17, 15) is 0 Å². The van der Waals surface area contributed by atoms with Crippen LogP contribution >= 0.6 is 34.5 Å². The number of nitrogens with one attached hydrogen (secondary N) is 1. The molecule has 0 saturated carbocycles. The summed E-state index contributed by atoms with van der Waals surface area (Å²) >= 11 is 13.9. The molecule has 3 nitrogen and oxygen atoms in total. The minimum Gasteiger partial charge on any atom is -0.495 e. The molecule has 1 N–H and O–H groups in total. The molecule has 1 heterocycles. The lowest BCUT2D eigenvalue weighted by atomic mass is 10.2. The summed E-state index contributed by atoms with van der Waals surface area (Å²) in [5.41, 5.74) is 0.877. The number of nitrogens with zero attached hydrogens (tertiary/aromatic N) is 1. The summed E-state index contributed by atoms with van der Waals surface area (Å²) < 4.78 is 5.12. The van der Waals surface area contributed by atoms with Gasteiger partial charge in [-0.15, -0.1) is 11.3 Å². The summed E-state index contributed by atoms with van der Waals surface area (Å²) in [4.78, 5) is 5.31. The van der Waals surface area contributed by atoms with Crippen molar-refractivity contribution in [3.8, 4) is 16.2 Å². The Bertz CT molecular complexity index is 557. The summed E-state index contributed by atoms with van der Waals surface area (Å²) in [7, 11) is 3.45. The van der Waals surface area contributed by atoms with Crippen molar-refractivity contribution < 1.29 is 4.74 Å². The minimum atomic E-state index is 0.542. The molecule has 2 rings (SSSR count). The van der Waals surface area contributed by atoms with Crippen molar-refractivity contribution >= 4 is 34.5 Å². The van der Waals surface area contributed by atoms with Gasteiger partial charge < -0.3 is 10.1 Å². The Morgan fingerprint density at radius 2 is 2.11 bits per heavy atom. The Balaban J connectivity index is 2.40. The predicted molar refractivity (Wildman–Crippen MR) is 76.9 cm³/mol. The molecule has 6 heteroatoms. The van der Waals surface area contributed by atoms with Gasteiger partial charge in [-0.25, -0.2) is 4.98 Å². The molecule has 1 aromatic carbocycles. The predicted octanol–water partition coefficient (Wildman–Crippen LogP) is 3.84. The molecule has 0 spiro atoms. The van der Waals surface area contributed by atoms with Crippen molar-refractivity contribution in [3.63, 3.8) is 0 Å². The summed E-state index contributed by atoms with van der Waals surface area (Å²) in [6, 6.07) is 3.52. The van der Waals surface area contributed by atoms with Gasteiger partial charge in [-0.2, -0.15) is 0 Å². The van der Waals surface area contributed by atoms with E-state index in [1.165, 1.54) is 0 Å². The molecule has 0 radical (unpaired) electrons. The molecule has 0 bridgehead atoms. The Morgan fingerprint density at radius 1 is 1.33 bits per heavy atom. The van der Waals surface area contributed by atoms with Gasteiger partial charge in [0.05, 0.1) is 22.0 Å². The number of hydrogen-bond donors (Lipinski definition) is 1. The number of ether oxygens (including phenoxy) is 1. The smallest absolute Gasteiger partial charge is 0.138 e. The fourth-order valence-corrected chi connectivity index (χ4v) is 3.05. The first-order valence-corrected chi connectivity index (χ1v) is 6.85. The van der Waals surface area contributed by atoms with E-state index in [1.807, 2.05) is 7.05 Å². The van der Waals surface area contributed by atoms with E-state index in [1.54, 1.807) is 36.8 Å². The van der Waals surface area contributed by atoms with Gasteiger partial charge >= 0.3 is 0 Å². The molecule has 0 amide bonds. The van der Waals surface area contributed by atoms with E-state index in [0.29, 0.717) is 15.8 Å². The van der Waals surface area contributed by atoms with E-state index < -0.39 is 0 Å². The second kappa shape index (κ2) is 5.89. The van der Waals surface area contributed by atoms with Crippen molar-refractivity contribution in [3.05, 3.63) is 33.4 Å². The SMILES string of the molecule is CNCc1ncc(-c2cc(Cl)c(OC)cc2Cl)s1. The zero-order valence-electron chi connectivity index (χ0n) is 9.96. The quantitative estimate of drug-likeness (QED) is 0.931. The van der Waals surface area contributed by atoms with Crippen LogP contribution in [0.25, 0.3) is 10.4 Å². The van der Waals surface area contributed by atoms with E-state index in [0.717, 1.165) is 22.0 Å². The van der Waals surface area contributed by atoms with Gasteiger partial charge in [0.15, 0.2) is 0 Å². The molecule has 0 unspecified atom stereocenters. The highest BCUT2D eigenvalue weighted by Crippen LogP contribution is 2.38. The first-order chi connectivity index (χ1) is 8.65. The van der Waals surface area contributed by atoms with E-state index in [-0.39, 0.29) is 0 Å². The number of halogens is 2. The average Bonchev–Trinajstić information content (AvgIpc) is 2.80. The minimum absolute atomic E-state index is 0.542. The molecule has 0 saturated heterocycles. The molecule has 0 aliphatic rings. The number of thiazole rings is 1. The number of benzene rings is 1. The number of aromatic nitrogens is 1. The average molecular weight is 303 g/mol. The fourth-order valence-electron chi connectivity index (χ4n) is 1.54. The second-order valence-electron chi connectivity index (χ2n) is 3.62. The van der Waals surface area contributed by atoms with Gasteiger partial charge in [-0.1, -0.05) is 23.2 Å². The third kappa shape index (κ3) is 2.78. The Labute approximate surface area is 120 Å². The van der Waals surface area contributed by atoms with Crippen LogP contribution in [-0.4, -0.2) is 19.1 Å². The van der Waals surface area contributed by atoms with Crippen LogP contribution in [0.15, 0.2) is 18.3 Å². The third-order valence-corrected chi connectivity index (χ3v) is 4.03. The van der Waals surface area contributed by atoms with E-state index >= 15 is 0 Å². The summed E-state index contributed by atoms with van der Waals surface area (Å²) in [5.74, 6) is 0.574. The zero-order valence-corrected chi connectivity index (χ0v) is 12.3. The summed E-state index contributed by atoms with van der Waals surface area (Å²) in [6.45, 7) is 0.742. The van der Waals surface area contributed by atoms with Crippen LogP contribution < -0.4 is 10.1 Å². The van der Waals surface area contributed by atoms with Crippen LogP contribution in [0.1, 0.15) is 5.01 Å². The Hall–Kier alpha value is -0.810.